The maximum atomic E-state index is 13.1. The Labute approximate surface area is 167 Å². The Morgan fingerprint density at radius 1 is 1.07 bits per heavy atom. The molecule has 2 aromatic carbocycles. The number of benzene rings is 2. The van der Waals surface area contributed by atoms with Crippen molar-refractivity contribution >= 4 is 28.7 Å². The molecule has 2 aromatic heterocycles. The molecule has 0 spiro atoms. The number of para-hydroxylation sites is 1. The van der Waals surface area contributed by atoms with E-state index in [9.17, 15) is 9.59 Å². The van der Waals surface area contributed by atoms with Gasteiger partial charge in [0.05, 0.1) is 30.1 Å². The van der Waals surface area contributed by atoms with Crippen LogP contribution >= 0.6 is 0 Å². The van der Waals surface area contributed by atoms with Gasteiger partial charge in [0.1, 0.15) is 5.69 Å². The highest BCUT2D eigenvalue weighted by atomic mass is 16.5. The van der Waals surface area contributed by atoms with Gasteiger partial charge in [-0.25, -0.2) is 4.79 Å². The van der Waals surface area contributed by atoms with Crippen LogP contribution in [0.3, 0.4) is 0 Å². The van der Waals surface area contributed by atoms with Crippen molar-refractivity contribution in [3.8, 4) is 0 Å². The Kier molecular flexibility index (Phi) is 4.91. The van der Waals surface area contributed by atoms with E-state index < -0.39 is 5.97 Å². The molecule has 6 heteroatoms. The number of aromatic nitrogens is 1. The smallest absolute Gasteiger partial charge is 0.339 e. The number of furan rings is 1. The number of nitrogens with one attached hydrogen (secondary N) is 1. The Balaban J connectivity index is 1.69. The van der Waals surface area contributed by atoms with Crippen LogP contribution in [0.1, 0.15) is 32.0 Å². The van der Waals surface area contributed by atoms with Crippen LogP contribution in [-0.4, -0.2) is 23.6 Å². The van der Waals surface area contributed by atoms with Crippen LogP contribution in [0.25, 0.3) is 11.1 Å². The van der Waals surface area contributed by atoms with E-state index in [4.69, 9.17) is 9.15 Å². The van der Waals surface area contributed by atoms with Gasteiger partial charge < -0.3 is 19.0 Å². The molecule has 0 saturated carbocycles. The molecule has 0 atom stereocenters. The van der Waals surface area contributed by atoms with Crippen LogP contribution in [0, 0.1) is 6.92 Å². The van der Waals surface area contributed by atoms with E-state index in [-0.39, 0.29) is 5.91 Å². The molecule has 0 aliphatic heterocycles. The molecule has 1 amide bonds. The van der Waals surface area contributed by atoms with Crippen molar-refractivity contribution in [2.45, 2.75) is 13.5 Å². The molecule has 4 rings (SSSR count). The molecule has 0 saturated heterocycles. The van der Waals surface area contributed by atoms with Gasteiger partial charge in [-0.1, -0.05) is 42.0 Å². The SMILES string of the molecule is COC(=O)c1ccccc1NC(=O)c1cc2occc2n1Cc1ccc(C)cc1. The van der Waals surface area contributed by atoms with Crippen molar-refractivity contribution in [1.29, 1.82) is 0 Å². The van der Waals surface area contributed by atoms with Crippen molar-refractivity contribution < 1.29 is 18.7 Å². The Hall–Kier alpha value is -3.80. The summed E-state index contributed by atoms with van der Waals surface area (Å²) >= 11 is 0. The lowest BCUT2D eigenvalue weighted by Gasteiger charge is -2.13. The first kappa shape index (κ1) is 18.6. The molecule has 4 aromatic rings. The van der Waals surface area contributed by atoms with E-state index in [1.165, 1.54) is 12.7 Å². The van der Waals surface area contributed by atoms with Gasteiger partial charge in [-0.2, -0.15) is 0 Å². The largest absolute Gasteiger partial charge is 0.465 e. The molecule has 2 heterocycles. The maximum absolute atomic E-state index is 13.1. The zero-order valence-electron chi connectivity index (χ0n) is 16.1. The minimum Gasteiger partial charge on any atom is -0.465 e. The molecule has 146 valence electrons. The van der Waals surface area contributed by atoms with Crippen LogP contribution in [0.5, 0.6) is 0 Å². The number of aryl methyl sites for hydroxylation is 1. The number of methoxy groups -OCH3 is 1. The van der Waals surface area contributed by atoms with Gasteiger partial charge in [0.2, 0.25) is 0 Å². The number of rotatable bonds is 5. The average Bonchev–Trinajstić information content (AvgIpc) is 3.32. The van der Waals surface area contributed by atoms with E-state index in [2.05, 4.69) is 5.32 Å². The fourth-order valence-corrected chi connectivity index (χ4v) is 3.28. The summed E-state index contributed by atoms with van der Waals surface area (Å²) in [5.41, 5.74) is 4.83. The molecular weight excluding hydrogens is 368 g/mol. The number of ether oxygens (including phenoxy) is 1. The van der Waals surface area contributed by atoms with Gasteiger partial charge in [0.25, 0.3) is 5.91 Å². The molecule has 0 radical (unpaired) electrons. The summed E-state index contributed by atoms with van der Waals surface area (Å²) < 4.78 is 12.2. The molecule has 1 N–H and O–H groups in total. The third-order valence-electron chi connectivity index (χ3n) is 4.80. The Morgan fingerprint density at radius 3 is 2.59 bits per heavy atom. The van der Waals surface area contributed by atoms with Gasteiger partial charge in [0, 0.05) is 18.7 Å². The van der Waals surface area contributed by atoms with E-state index in [0.717, 1.165) is 11.1 Å². The van der Waals surface area contributed by atoms with E-state index in [1.54, 1.807) is 36.6 Å². The molecule has 0 aliphatic rings. The van der Waals surface area contributed by atoms with Crippen LogP contribution in [0.4, 0.5) is 5.69 Å². The second-order valence-electron chi connectivity index (χ2n) is 6.76. The van der Waals surface area contributed by atoms with Gasteiger partial charge in [-0.15, -0.1) is 0 Å². The van der Waals surface area contributed by atoms with Crippen molar-refractivity contribution in [2.24, 2.45) is 0 Å². The van der Waals surface area contributed by atoms with Crippen molar-refractivity contribution in [1.82, 2.24) is 4.57 Å². The summed E-state index contributed by atoms with van der Waals surface area (Å²) in [7, 11) is 1.31. The molecule has 0 bridgehead atoms. The lowest BCUT2D eigenvalue weighted by molar-refractivity contribution is 0.0602. The third kappa shape index (κ3) is 3.65. The number of hydrogen-bond acceptors (Lipinski definition) is 4. The number of esters is 1. The first-order valence-corrected chi connectivity index (χ1v) is 9.18. The molecule has 0 aliphatic carbocycles. The fraction of sp³-hybridized carbons (Fsp3) is 0.130. The predicted molar refractivity (Wildman–Crippen MR) is 110 cm³/mol. The summed E-state index contributed by atoms with van der Waals surface area (Å²) in [6, 6.07) is 18.4. The van der Waals surface area contributed by atoms with Crippen molar-refractivity contribution in [2.75, 3.05) is 12.4 Å². The third-order valence-corrected chi connectivity index (χ3v) is 4.80. The predicted octanol–water partition coefficient (Wildman–Crippen LogP) is 4.63. The highest BCUT2D eigenvalue weighted by Gasteiger charge is 2.20. The fourth-order valence-electron chi connectivity index (χ4n) is 3.28. The lowest BCUT2D eigenvalue weighted by Crippen LogP contribution is -2.19. The topological polar surface area (TPSA) is 73.5 Å². The Bertz CT molecular complexity index is 1190. The lowest BCUT2D eigenvalue weighted by atomic mass is 10.1. The van der Waals surface area contributed by atoms with Gasteiger partial charge in [-0.3, -0.25) is 4.79 Å². The minimum absolute atomic E-state index is 0.295. The number of fused-ring (bicyclic) bond motifs is 1. The van der Waals surface area contributed by atoms with Gasteiger partial charge >= 0.3 is 5.97 Å². The maximum Gasteiger partial charge on any atom is 0.339 e. The number of hydrogen-bond donors (Lipinski definition) is 1. The second-order valence-corrected chi connectivity index (χ2v) is 6.76. The number of carbonyl (C=O) groups is 2. The molecule has 29 heavy (non-hydrogen) atoms. The summed E-state index contributed by atoms with van der Waals surface area (Å²) in [5.74, 6) is -0.843. The molecule has 0 fully saturated rings. The summed E-state index contributed by atoms with van der Waals surface area (Å²) in [5, 5.41) is 2.83. The van der Waals surface area contributed by atoms with Gasteiger partial charge in [-0.05, 0) is 24.6 Å². The van der Waals surface area contributed by atoms with E-state index in [0.29, 0.717) is 29.1 Å². The number of carbonyl (C=O) groups excluding carboxylic acids is 2. The molecule has 6 nitrogen and oxygen atoms in total. The first-order chi connectivity index (χ1) is 14.1. The number of anilines is 1. The van der Waals surface area contributed by atoms with Crippen LogP contribution in [0.2, 0.25) is 0 Å². The van der Waals surface area contributed by atoms with Crippen LogP contribution < -0.4 is 5.32 Å². The zero-order valence-corrected chi connectivity index (χ0v) is 16.1. The van der Waals surface area contributed by atoms with Crippen LogP contribution in [-0.2, 0) is 11.3 Å². The summed E-state index contributed by atoms with van der Waals surface area (Å²) in [4.78, 5) is 25.1. The van der Waals surface area contributed by atoms with Crippen molar-refractivity contribution in [3.05, 3.63) is 89.3 Å². The van der Waals surface area contributed by atoms with Gasteiger partial charge in [0.15, 0.2) is 5.58 Å². The highest BCUT2D eigenvalue weighted by molar-refractivity contribution is 6.09. The van der Waals surface area contributed by atoms with E-state index >= 15 is 0 Å². The highest BCUT2D eigenvalue weighted by Crippen LogP contribution is 2.24. The Morgan fingerprint density at radius 2 is 1.83 bits per heavy atom. The molecular formula is C23H20N2O4. The standard InChI is InChI=1S/C23H20N2O4/c1-15-7-9-16(10-8-15)14-25-19-11-12-29-21(19)13-20(25)22(26)24-18-6-4-3-5-17(18)23(27)28-2/h3-13H,14H2,1-2H3,(H,24,26). The summed E-state index contributed by atoms with van der Waals surface area (Å²) in [6.45, 7) is 2.55. The van der Waals surface area contributed by atoms with Crippen molar-refractivity contribution in [3.63, 3.8) is 0 Å². The quantitative estimate of drug-likeness (QED) is 0.506. The first-order valence-electron chi connectivity index (χ1n) is 9.18. The second kappa shape index (κ2) is 7.67. The van der Waals surface area contributed by atoms with Crippen LogP contribution in [0.15, 0.2) is 71.3 Å². The number of amides is 1. The summed E-state index contributed by atoms with van der Waals surface area (Å²) in [6.07, 6.45) is 1.60. The van der Waals surface area contributed by atoms with E-state index in [1.807, 2.05) is 41.8 Å². The monoisotopic (exact) mass is 388 g/mol. The molecule has 0 unspecified atom stereocenters. The normalized spacial score (nSPS) is 10.8. The minimum atomic E-state index is -0.510. The zero-order chi connectivity index (χ0) is 20.4. The average molecular weight is 388 g/mol. The number of nitrogens with zero attached hydrogens (tertiary/aromatic N) is 1.